The van der Waals surface area contributed by atoms with E-state index in [1.165, 1.54) is 24.1 Å². The molecule has 0 bridgehead atoms. The Bertz CT molecular complexity index is 1830. The van der Waals surface area contributed by atoms with Gasteiger partial charge in [-0.3, -0.25) is 18.9 Å². The Morgan fingerprint density at radius 2 is 1.77 bits per heavy atom. The van der Waals surface area contributed by atoms with Crippen molar-refractivity contribution >= 4 is 23.6 Å². The molecule has 6 nitrogen and oxygen atoms in total. The number of allylic oxidation sites excluding steroid dienone is 1. The van der Waals surface area contributed by atoms with E-state index in [1.807, 2.05) is 42.3 Å². The SMILES string of the molecule is CN(C(=O)C1=Cc2c(n(-c3ccc(F)cc3)c(=O)n2Cc2cccnc2)C=C2c3ccccc3C[C@]12C)C1CCCCC1. The molecule has 1 saturated carbocycles. The molecule has 0 radical (unpaired) electrons. The van der Waals surface area contributed by atoms with Crippen LogP contribution in [0.1, 0.15) is 67.1 Å². The van der Waals surface area contributed by atoms with Gasteiger partial charge in [0, 0.05) is 36.5 Å². The van der Waals surface area contributed by atoms with Gasteiger partial charge in [-0.25, -0.2) is 9.18 Å². The van der Waals surface area contributed by atoms with Crippen LogP contribution < -0.4 is 5.69 Å². The van der Waals surface area contributed by atoms with E-state index in [2.05, 4.69) is 30.1 Å². The van der Waals surface area contributed by atoms with Gasteiger partial charge in [-0.05, 0) is 84.0 Å². The minimum Gasteiger partial charge on any atom is -0.339 e. The van der Waals surface area contributed by atoms with Crippen LogP contribution in [-0.2, 0) is 17.8 Å². The zero-order valence-electron chi connectivity index (χ0n) is 24.6. The Morgan fingerprint density at radius 3 is 2.51 bits per heavy atom. The highest BCUT2D eigenvalue weighted by atomic mass is 19.1. The van der Waals surface area contributed by atoms with E-state index in [1.54, 1.807) is 33.7 Å². The monoisotopic (exact) mass is 574 g/mol. The fraction of sp³-hybridized carbons (Fsp3) is 0.306. The van der Waals surface area contributed by atoms with Crippen LogP contribution in [0.2, 0.25) is 0 Å². The van der Waals surface area contributed by atoms with Gasteiger partial charge in [0.15, 0.2) is 0 Å². The van der Waals surface area contributed by atoms with Gasteiger partial charge in [0.05, 0.1) is 23.6 Å². The number of benzene rings is 2. The fourth-order valence-electron chi connectivity index (χ4n) is 7.28. The number of fused-ring (bicyclic) bond motifs is 4. The molecule has 7 rings (SSSR count). The molecule has 2 heterocycles. The first-order chi connectivity index (χ1) is 20.8. The minimum atomic E-state index is -0.592. The second-order valence-electron chi connectivity index (χ2n) is 12.3. The summed E-state index contributed by atoms with van der Waals surface area (Å²) in [7, 11) is 1.94. The van der Waals surface area contributed by atoms with Crippen molar-refractivity contribution in [1.29, 1.82) is 0 Å². The molecule has 0 saturated heterocycles. The summed E-state index contributed by atoms with van der Waals surface area (Å²) < 4.78 is 17.4. The Balaban J connectivity index is 1.50. The highest BCUT2D eigenvalue weighted by molar-refractivity contribution is 6.07. The zero-order valence-corrected chi connectivity index (χ0v) is 24.6. The molecular weight excluding hydrogens is 539 g/mol. The van der Waals surface area contributed by atoms with Crippen LogP contribution >= 0.6 is 0 Å². The van der Waals surface area contributed by atoms with E-state index in [0.717, 1.165) is 42.4 Å². The van der Waals surface area contributed by atoms with Crippen LogP contribution in [0.15, 0.2) is 83.4 Å². The normalized spacial score (nSPS) is 19.5. The van der Waals surface area contributed by atoms with Crippen LogP contribution in [0.3, 0.4) is 0 Å². The molecule has 218 valence electrons. The third-order valence-corrected chi connectivity index (χ3v) is 9.64. The van der Waals surface area contributed by atoms with Crippen molar-refractivity contribution in [2.75, 3.05) is 7.05 Å². The molecule has 1 fully saturated rings. The van der Waals surface area contributed by atoms with Crippen molar-refractivity contribution in [1.82, 2.24) is 19.0 Å². The number of pyridine rings is 1. The average molecular weight is 575 g/mol. The van der Waals surface area contributed by atoms with Crippen LogP contribution in [0, 0.1) is 11.2 Å². The van der Waals surface area contributed by atoms with Crippen molar-refractivity contribution in [2.45, 2.75) is 58.0 Å². The van der Waals surface area contributed by atoms with Gasteiger partial charge in [0.2, 0.25) is 0 Å². The molecule has 7 heteroatoms. The first kappa shape index (κ1) is 27.3. The maximum atomic E-state index is 14.6. The summed E-state index contributed by atoms with van der Waals surface area (Å²) in [6.07, 6.45) is 13.7. The second-order valence-corrected chi connectivity index (χ2v) is 12.3. The van der Waals surface area contributed by atoms with E-state index in [4.69, 9.17) is 0 Å². The Morgan fingerprint density at radius 1 is 1.00 bits per heavy atom. The molecule has 0 aliphatic heterocycles. The van der Waals surface area contributed by atoms with E-state index in [-0.39, 0.29) is 30.0 Å². The average Bonchev–Trinajstić information content (AvgIpc) is 3.41. The molecule has 1 atom stereocenters. The molecule has 2 aromatic carbocycles. The van der Waals surface area contributed by atoms with Crippen LogP contribution in [0.5, 0.6) is 0 Å². The van der Waals surface area contributed by atoms with Crippen LogP contribution in [0.25, 0.3) is 23.4 Å². The van der Waals surface area contributed by atoms with Gasteiger partial charge in [-0.15, -0.1) is 0 Å². The third-order valence-electron chi connectivity index (χ3n) is 9.64. The summed E-state index contributed by atoms with van der Waals surface area (Å²) >= 11 is 0. The van der Waals surface area contributed by atoms with Crippen molar-refractivity contribution in [3.05, 3.63) is 123 Å². The third kappa shape index (κ3) is 4.58. The summed E-state index contributed by atoms with van der Waals surface area (Å²) in [5.41, 5.74) is 5.94. The Labute approximate surface area is 250 Å². The van der Waals surface area contributed by atoms with Crippen molar-refractivity contribution in [2.24, 2.45) is 5.41 Å². The molecule has 4 aromatic rings. The number of likely N-dealkylation sites (N-methyl/N-ethyl adjacent to an activating group) is 1. The number of hydrogen-bond donors (Lipinski definition) is 0. The van der Waals surface area contributed by atoms with Crippen LogP contribution in [0.4, 0.5) is 4.39 Å². The van der Waals surface area contributed by atoms with E-state index in [0.29, 0.717) is 29.1 Å². The number of halogens is 1. The van der Waals surface area contributed by atoms with Gasteiger partial charge in [-0.2, -0.15) is 0 Å². The summed E-state index contributed by atoms with van der Waals surface area (Å²) in [5, 5.41) is 0. The van der Waals surface area contributed by atoms with E-state index < -0.39 is 5.41 Å². The number of nitrogens with zero attached hydrogens (tertiary/aromatic N) is 4. The molecule has 3 aliphatic rings. The predicted octanol–water partition coefficient (Wildman–Crippen LogP) is 6.51. The van der Waals surface area contributed by atoms with Gasteiger partial charge in [0.25, 0.3) is 5.91 Å². The molecule has 3 aliphatic carbocycles. The van der Waals surface area contributed by atoms with Gasteiger partial charge in [0.1, 0.15) is 5.82 Å². The first-order valence-electron chi connectivity index (χ1n) is 15.2. The summed E-state index contributed by atoms with van der Waals surface area (Å²) in [4.78, 5) is 35.1. The van der Waals surface area contributed by atoms with E-state index >= 15 is 0 Å². The lowest BCUT2D eigenvalue weighted by atomic mass is 9.75. The molecule has 0 N–H and O–H groups in total. The minimum absolute atomic E-state index is 0.0101. The number of hydrogen-bond acceptors (Lipinski definition) is 3. The predicted molar refractivity (Wildman–Crippen MR) is 167 cm³/mol. The van der Waals surface area contributed by atoms with Crippen LogP contribution in [-0.4, -0.2) is 38.0 Å². The molecule has 2 aromatic heterocycles. The molecular formula is C36H35FN4O2. The lowest BCUT2D eigenvalue weighted by Gasteiger charge is -2.36. The lowest BCUT2D eigenvalue weighted by Crippen LogP contribution is -2.42. The number of carbonyl (C=O) groups is 1. The van der Waals surface area contributed by atoms with Crippen molar-refractivity contribution in [3.63, 3.8) is 0 Å². The molecule has 43 heavy (non-hydrogen) atoms. The highest BCUT2D eigenvalue weighted by Gasteiger charge is 2.46. The standard InChI is InChI=1S/C36H35FN4O2/c1-36-21-25-10-6-7-13-29(25)30(36)19-33-32(20-31(36)34(42)39(2)27-11-4-3-5-12-27)40(23-24-9-8-18-38-22-24)35(43)41(33)28-16-14-26(37)15-17-28/h6-10,13-20,22,27H,3-5,11-12,21,23H2,1-2H3/t36-/m0/s1. The number of rotatable bonds is 5. The quantitative estimate of drug-likeness (QED) is 0.273. The fourth-order valence-corrected chi connectivity index (χ4v) is 7.28. The number of carbonyl (C=O) groups excluding carboxylic acids is 1. The highest BCUT2D eigenvalue weighted by Crippen LogP contribution is 2.54. The number of amides is 1. The summed E-state index contributed by atoms with van der Waals surface area (Å²) in [5.74, 6) is -0.359. The zero-order chi connectivity index (χ0) is 29.7. The number of imidazole rings is 1. The Hall–Kier alpha value is -4.52. The largest absolute Gasteiger partial charge is 0.339 e. The topological polar surface area (TPSA) is 60.1 Å². The Kier molecular flexibility index (Phi) is 6.76. The molecule has 0 unspecified atom stereocenters. The molecule has 1 amide bonds. The van der Waals surface area contributed by atoms with Crippen molar-refractivity contribution < 1.29 is 9.18 Å². The van der Waals surface area contributed by atoms with Gasteiger partial charge >= 0.3 is 5.69 Å². The second kappa shape index (κ2) is 10.6. The summed E-state index contributed by atoms with van der Waals surface area (Å²) in [6, 6.07) is 18.3. The van der Waals surface area contributed by atoms with Crippen molar-refractivity contribution in [3.8, 4) is 5.69 Å². The van der Waals surface area contributed by atoms with E-state index in [9.17, 15) is 14.0 Å². The smallest absolute Gasteiger partial charge is 0.334 e. The summed E-state index contributed by atoms with van der Waals surface area (Å²) in [6.45, 7) is 2.45. The number of aromatic nitrogens is 3. The van der Waals surface area contributed by atoms with Gasteiger partial charge < -0.3 is 4.90 Å². The van der Waals surface area contributed by atoms with Gasteiger partial charge in [-0.1, -0.05) is 56.5 Å². The first-order valence-corrected chi connectivity index (χ1v) is 15.2. The molecule has 0 spiro atoms. The maximum absolute atomic E-state index is 14.6. The lowest BCUT2D eigenvalue weighted by molar-refractivity contribution is -0.129. The maximum Gasteiger partial charge on any atom is 0.334 e.